The second-order valence-corrected chi connectivity index (χ2v) is 4.96. The number of pyridine rings is 1. The van der Waals surface area contributed by atoms with E-state index in [2.05, 4.69) is 4.98 Å². The average Bonchev–Trinajstić information content (AvgIpc) is 2.60. The number of carbonyl (C=O) groups excluding carboxylic acids is 2. The molecule has 0 unspecified atom stereocenters. The molecule has 2 aromatic rings. The standard InChI is InChI=1S/C19H17NO4/c1-24-19-12-14(6-10-18(19)23)5-8-16(21)13-17(22)9-7-15-4-2-3-11-20-15/h2-12,23H,13H2,1H3/b8-5+,9-7+. The summed E-state index contributed by atoms with van der Waals surface area (Å²) in [5.41, 5.74) is 1.35. The molecule has 0 saturated heterocycles. The van der Waals surface area contributed by atoms with E-state index < -0.39 is 0 Å². The molecular formula is C19H17NO4. The number of carbonyl (C=O) groups is 2. The molecule has 0 fully saturated rings. The lowest BCUT2D eigenvalue weighted by atomic mass is 10.1. The van der Waals surface area contributed by atoms with Crippen LogP contribution >= 0.6 is 0 Å². The van der Waals surface area contributed by atoms with E-state index in [1.165, 1.54) is 25.3 Å². The first kappa shape index (κ1) is 17.1. The van der Waals surface area contributed by atoms with Crippen LogP contribution < -0.4 is 4.74 Å². The summed E-state index contributed by atoms with van der Waals surface area (Å²) in [6, 6.07) is 10.1. The molecule has 5 heteroatoms. The third-order valence-corrected chi connectivity index (χ3v) is 3.14. The second-order valence-electron chi connectivity index (χ2n) is 4.96. The Labute approximate surface area is 139 Å². The highest BCUT2D eigenvalue weighted by molar-refractivity contribution is 6.10. The second kappa shape index (κ2) is 8.43. The summed E-state index contributed by atoms with van der Waals surface area (Å²) in [7, 11) is 1.44. The van der Waals surface area contributed by atoms with Crippen molar-refractivity contribution in [3.63, 3.8) is 0 Å². The first-order valence-electron chi connectivity index (χ1n) is 7.28. The third-order valence-electron chi connectivity index (χ3n) is 3.14. The Morgan fingerprint density at radius 1 is 1.12 bits per heavy atom. The molecule has 0 bridgehead atoms. The van der Waals surface area contributed by atoms with Crippen molar-refractivity contribution >= 4 is 23.7 Å². The van der Waals surface area contributed by atoms with Gasteiger partial charge in [0.05, 0.1) is 19.2 Å². The summed E-state index contributed by atoms with van der Waals surface area (Å²) in [5, 5.41) is 9.51. The fraction of sp³-hybridized carbons (Fsp3) is 0.105. The fourth-order valence-corrected chi connectivity index (χ4v) is 1.93. The van der Waals surface area contributed by atoms with Crippen molar-refractivity contribution in [2.24, 2.45) is 0 Å². The summed E-state index contributed by atoms with van der Waals surface area (Å²) < 4.78 is 4.99. The number of hydrogen-bond donors (Lipinski definition) is 1. The SMILES string of the molecule is COc1cc(/C=C/C(=O)CC(=O)/C=C/c2ccccn2)ccc1O. The molecule has 2 rings (SSSR count). The van der Waals surface area contributed by atoms with Crippen molar-refractivity contribution < 1.29 is 19.4 Å². The maximum absolute atomic E-state index is 11.8. The zero-order valence-electron chi connectivity index (χ0n) is 13.2. The van der Waals surface area contributed by atoms with Gasteiger partial charge < -0.3 is 9.84 Å². The van der Waals surface area contributed by atoms with Gasteiger partial charge in [0.25, 0.3) is 0 Å². The average molecular weight is 323 g/mol. The minimum absolute atomic E-state index is 0.0239. The number of allylic oxidation sites excluding steroid dienone is 2. The van der Waals surface area contributed by atoms with Crippen molar-refractivity contribution in [3.8, 4) is 11.5 Å². The lowest BCUT2D eigenvalue weighted by Gasteiger charge is -2.03. The maximum Gasteiger partial charge on any atom is 0.163 e. The normalized spacial score (nSPS) is 11.0. The van der Waals surface area contributed by atoms with Crippen LogP contribution in [0.2, 0.25) is 0 Å². The molecule has 0 atom stereocenters. The Kier molecular flexibility index (Phi) is 6.02. The summed E-state index contributed by atoms with van der Waals surface area (Å²) in [4.78, 5) is 27.6. The van der Waals surface area contributed by atoms with Gasteiger partial charge in [-0.1, -0.05) is 18.2 Å². The number of ketones is 2. The van der Waals surface area contributed by atoms with Crippen LogP contribution in [0.4, 0.5) is 0 Å². The molecule has 24 heavy (non-hydrogen) atoms. The van der Waals surface area contributed by atoms with E-state index in [4.69, 9.17) is 4.74 Å². The van der Waals surface area contributed by atoms with Crippen LogP contribution in [-0.4, -0.2) is 28.8 Å². The van der Waals surface area contributed by atoms with Crippen molar-refractivity contribution in [1.29, 1.82) is 0 Å². The zero-order valence-corrected chi connectivity index (χ0v) is 13.2. The number of methoxy groups -OCH3 is 1. The summed E-state index contributed by atoms with van der Waals surface area (Å²) in [5.74, 6) is -0.258. The zero-order chi connectivity index (χ0) is 17.4. The fourth-order valence-electron chi connectivity index (χ4n) is 1.93. The highest BCUT2D eigenvalue weighted by Gasteiger charge is 2.05. The molecule has 5 nitrogen and oxygen atoms in total. The highest BCUT2D eigenvalue weighted by atomic mass is 16.5. The largest absolute Gasteiger partial charge is 0.504 e. The molecule has 1 N–H and O–H groups in total. The van der Waals surface area contributed by atoms with Gasteiger partial charge in [-0.05, 0) is 48.1 Å². The Hall–Kier alpha value is -3.21. The highest BCUT2D eigenvalue weighted by Crippen LogP contribution is 2.26. The summed E-state index contributed by atoms with van der Waals surface area (Å²) >= 11 is 0. The van der Waals surface area contributed by atoms with Gasteiger partial charge >= 0.3 is 0 Å². The maximum atomic E-state index is 11.8. The van der Waals surface area contributed by atoms with E-state index >= 15 is 0 Å². The number of ether oxygens (including phenoxy) is 1. The minimum Gasteiger partial charge on any atom is -0.504 e. The number of aromatic hydroxyl groups is 1. The molecule has 0 amide bonds. The summed E-state index contributed by atoms with van der Waals surface area (Å²) in [6.45, 7) is 0. The van der Waals surface area contributed by atoms with Crippen LogP contribution in [-0.2, 0) is 9.59 Å². The molecule has 0 radical (unpaired) electrons. The molecule has 0 aliphatic heterocycles. The van der Waals surface area contributed by atoms with Gasteiger partial charge in [-0.3, -0.25) is 14.6 Å². The summed E-state index contributed by atoms with van der Waals surface area (Å²) in [6.07, 6.45) is 7.24. The van der Waals surface area contributed by atoms with Gasteiger partial charge in [-0.25, -0.2) is 0 Å². The molecule has 1 heterocycles. The third kappa shape index (κ3) is 5.21. The Morgan fingerprint density at radius 2 is 1.88 bits per heavy atom. The van der Waals surface area contributed by atoms with Crippen molar-refractivity contribution in [3.05, 3.63) is 66.0 Å². The van der Waals surface area contributed by atoms with Crippen molar-refractivity contribution in [2.45, 2.75) is 6.42 Å². The van der Waals surface area contributed by atoms with Gasteiger partial charge in [0.1, 0.15) is 0 Å². The number of phenolic OH excluding ortho intramolecular Hbond substituents is 1. The van der Waals surface area contributed by atoms with Crippen molar-refractivity contribution in [1.82, 2.24) is 4.98 Å². The Balaban J connectivity index is 1.92. The quantitative estimate of drug-likeness (QED) is 0.626. The number of hydrogen-bond acceptors (Lipinski definition) is 5. The lowest BCUT2D eigenvalue weighted by molar-refractivity contribution is -0.121. The van der Waals surface area contributed by atoms with E-state index in [1.54, 1.807) is 42.6 Å². The van der Waals surface area contributed by atoms with E-state index in [0.717, 1.165) is 0 Å². The van der Waals surface area contributed by atoms with Crippen LogP contribution in [0.25, 0.3) is 12.2 Å². The van der Waals surface area contributed by atoms with Gasteiger partial charge in [-0.15, -0.1) is 0 Å². The molecule has 1 aromatic carbocycles. The van der Waals surface area contributed by atoms with Crippen LogP contribution in [0.5, 0.6) is 11.5 Å². The van der Waals surface area contributed by atoms with E-state index in [1.807, 2.05) is 6.07 Å². The molecule has 0 spiro atoms. The molecule has 122 valence electrons. The topological polar surface area (TPSA) is 76.5 Å². The molecule has 0 aliphatic rings. The van der Waals surface area contributed by atoms with Crippen molar-refractivity contribution in [2.75, 3.05) is 7.11 Å². The van der Waals surface area contributed by atoms with E-state index in [-0.39, 0.29) is 23.7 Å². The van der Waals surface area contributed by atoms with Crippen LogP contribution in [0.3, 0.4) is 0 Å². The predicted octanol–water partition coefficient (Wildman–Crippen LogP) is 3.05. The van der Waals surface area contributed by atoms with Gasteiger partial charge in [0.15, 0.2) is 23.1 Å². The predicted molar refractivity (Wildman–Crippen MR) is 91.6 cm³/mol. The first-order chi connectivity index (χ1) is 11.6. The number of nitrogens with zero attached hydrogens (tertiary/aromatic N) is 1. The molecule has 0 aliphatic carbocycles. The van der Waals surface area contributed by atoms with Gasteiger partial charge in [-0.2, -0.15) is 0 Å². The number of phenols is 1. The van der Waals surface area contributed by atoms with Gasteiger partial charge in [0, 0.05) is 6.20 Å². The lowest BCUT2D eigenvalue weighted by Crippen LogP contribution is -2.02. The van der Waals surface area contributed by atoms with E-state index in [0.29, 0.717) is 17.0 Å². The number of rotatable bonds is 7. The Bertz CT molecular complexity index is 779. The molecule has 0 saturated carbocycles. The van der Waals surface area contributed by atoms with Crippen LogP contribution in [0, 0.1) is 0 Å². The monoisotopic (exact) mass is 323 g/mol. The number of aromatic nitrogens is 1. The van der Waals surface area contributed by atoms with Gasteiger partial charge in [0.2, 0.25) is 0 Å². The van der Waals surface area contributed by atoms with E-state index in [9.17, 15) is 14.7 Å². The molecule has 1 aromatic heterocycles. The first-order valence-corrected chi connectivity index (χ1v) is 7.28. The minimum atomic E-state index is -0.308. The number of benzene rings is 1. The van der Waals surface area contributed by atoms with Crippen LogP contribution in [0.1, 0.15) is 17.7 Å². The smallest absolute Gasteiger partial charge is 0.163 e. The van der Waals surface area contributed by atoms with Crippen LogP contribution in [0.15, 0.2) is 54.7 Å². The molecular weight excluding hydrogens is 306 g/mol. The Morgan fingerprint density at radius 3 is 2.54 bits per heavy atom.